The summed E-state index contributed by atoms with van der Waals surface area (Å²) in [6, 6.07) is 24.8. The predicted octanol–water partition coefficient (Wildman–Crippen LogP) is 5.93. The minimum absolute atomic E-state index is 0.247. The zero-order valence-corrected chi connectivity index (χ0v) is 23.0. The average Bonchev–Trinajstić information content (AvgIpc) is 2.87. The van der Waals surface area contributed by atoms with Crippen molar-refractivity contribution in [2.75, 3.05) is 25.1 Å². The van der Waals surface area contributed by atoms with E-state index in [1.807, 2.05) is 12.1 Å². The van der Waals surface area contributed by atoms with Crippen LogP contribution in [0, 0.1) is 5.92 Å². The van der Waals surface area contributed by atoms with Crippen LogP contribution in [-0.2, 0) is 25.5 Å². The molecule has 0 radical (unpaired) electrons. The molecule has 6 heteroatoms. The summed E-state index contributed by atoms with van der Waals surface area (Å²) < 4.78 is 10.1. The molecule has 3 aromatic carbocycles. The third-order valence-electron chi connectivity index (χ3n) is 6.64. The Balaban J connectivity index is 1.49. The maximum Gasteiger partial charge on any atom is 0.320 e. The van der Waals surface area contributed by atoms with E-state index in [0.717, 1.165) is 24.2 Å². The van der Waals surface area contributed by atoms with Crippen molar-refractivity contribution in [1.82, 2.24) is 0 Å². The topological polar surface area (TPSA) is 64.6 Å². The molecule has 1 N–H and O–H groups in total. The number of fused-ring (bicyclic) bond motifs is 1. The molecule has 0 aliphatic heterocycles. The van der Waals surface area contributed by atoms with Gasteiger partial charge >= 0.3 is 11.9 Å². The molecule has 0 bridgehead atoms. The molecule has 0 aliphatic carbocycles. The van der Waals surface area contributed by atoms with Gasteiger partial charge in [0.2, 0.25) is 0 Å². The molecule has 0 fully saturated rings. The van der Waals surface area contributed by atoms with Crippen molar-refractivity contribution in [1.29, 1.82) is 0 Å². The second kappa shape index (κ2) is 13.3. The summed E-state index contributed by atoms with van der Waals surface area (Å²) in [5, 5.41) is 7.80. The number of aryl methyl sites for hydroxylation is 1. The molecule has 0 heterocycles. The van der Waals surface area contributed by atoms with Gasteiger partial charge < -0.3 is 14.8 Å². The standard InChI is InChI=1S/C30H39NO4Si/c1-5-34-29(32)27(30(33)35-6-2)20-17-23-15-18-25(19-16-23)31-21-10-22-36(3,4)28-14-9-12-24-11-7-8-13-26(24)28/h7-9,11-16,18-19,27,31H,5-6,10,17,20-22H2,1-4H3. The lowest BCUT2D eigenvalue weighted by Gasteiger charge is -2.25. The van der Waals surface area contributed by atoms with Crippen LogP contribution in [0.5, 0.6) is 0 Å². The first-order valence-corrected chi connectivity index (χ1v) is 16.2. The molecule has 0 amide bonds. The molecular formula is C30H39NO4Si. The minimum Gasteiger partial charge on any atom is -0.465 e. The SMILES string of the molecule is CCOC(=O)C(CCc1ccc(NCCC[Si](C)(C)c2cccc3ccccc23)cc1)C(=O)OCC. The van der Waals surface area contributed by atoms with E-state index in [1.54, 1.807) is 13.8 Å². The molecule has 3 rings (SSSR count). The van der Waals surface area contributed by atoms with Gasteiger partial charge in [-0.2, -0.15) is 0 Å². The van der Waals surface area contributed by atoms with Crippen LogP contribution < -0.4 is 10.5 Å². The van der Waals surface area contributed by atoms with E-state index in [1.165, 1.54) is 22.0 Å². The molecular weight excluding hydrogens is 466 g/mol. The third-order valence-corrected chi connectivity index (χ3v) is 10.1. The summed E-state index contributed by atoms with van der Waals surface area (Å²) in [5.41, 5.74) is 2.15. The highest BCUT2D eigenvalue weighted by atomic mass is 28.3. The van der Waals surface area contributed by atoms with Gasteiger partial charge in [-0.1, -0.05) is 78.9 Å². The van der Waals surface area contributed by atoms with Crippen LogP contribution in [0.15, 0.2) is 66.7 Å². The first-order chi connectivity index (χ1) is 17.4. The monoisotopic (exact) mass is 505 g/mol. The van der Waals surface area contributed by atoms with Crippen LogP contribution in [0.25, 0.3) is 10.8 Å². The molecule has 36 heavy (non-hydrogen) atoms. The Bertz CT molecular complexity index is 1120. The molecule has 0 saturated carbocycles. The van der Waals surface area contributed by atoms with Crippen molar-refractivity contribution in [3.8, 4) is 0 Å². The van der Waals surface area contributed by atoms with Crippen LogP contribution in [0.2, 0.25) is 19.1 Å². The van der Waals surface area contributed by atoms with Crippen LogP contribution in [-0.4, -0.2) is 39.8 Å². The predicted molar refractivity (Wildman–Crippen MR) is 150 cm³/mol. The van der Waals surface area contributed by atoms with Gasteiger partial charge in [-0.25, -0.2) is 0 Å². The van der Waals surface area contributed by atoms with Gasteiger partial charge in [0.05, 0.1) is 21.3 Å². The molecule has 0 aromatic heterocycles. The van der Waals surface area contributed by atoms with Crippen molar-refractivity contribution in [3.63, 3.8) is 0 Å². The van der Waals surface area contributed by atoms with E-state index < -0.39 is 25.9 Å². The van der Waals surface area contributed by atoms with Crippen molar-refractivity contribution < 1.29 is 19.1 Å². The number of carbonyl (C=O) groups is 2. The normalized spacial score (nSPS) is 11.5. The number of benzene rings is 3. The van der Waals surface area contributed by atoms with Gasteiger partial charge in [0.15, 0.2) is 5.92 Å². The zero-order valence-electron chi connectivity index (χ0n) is 22.0. The smallest absolute Gasteiger partial charge is 0.320 e. The van der Waals surface area contributed by atoms with Crippen LogP contribution in [0.3, 0.4) is 0 Å². The molecule has 192 valence electrons. The van der Waals surface area contributed by atoms with Gasteiger partial charge in [0, 0.05) is 12.2 Å². The van der Waals surface area contributed by atoms with E-state index in [-0.39, 0.29) is 13.2 Å². The zero-order chi connectivity index (χ0) is 26.0. The van der Waals surface area contributed by atoms with Gasteiger partial charge in [-0.05, 0) is 61.6 Å². The summed E-state index contributed by atoms with van der Waals surface area (Å²) in [5.74, 6) is -1.90. The number of esters is 2. The van der Waals surface area contributed by atoms with Crippen LogP contribution in [0.1, 0.15) is 32.3 Å². The van der Waals surface area contributed by atoms with E-state index in [2.05, 4.69) is 73.0 Å². The average molecular weight is 506 g/mol. The highest BCUT2D eigenvalue weighted by Gasteiger charge is 2.29. The number of hydrogen-bond acceptors (Lipinski definition) is 5. The lowest BCUT2D eigenvalue weighted by molar-refractivity contribution is -0.161. The Morgan fingerprint density at radius 3 is 2.17 bits per heavy atom. The number of rotatable bonds is 13. The van der Waals surface area contributed by atoms with Crippen LogP contribution >= 0.6 is 0 Å². The summed E-state index contributed by atoms with van der Waals surface area (Å²) in [6.07, 6.45) is 2.09. The Hall–Kier alpha value is -3.12. The minimum atomic E-state index is -1.56. The van der Waals surface area contributed by atoms with E-state index in [4.69, 9.17) is 9.47 Å². The summed E-state index contributed by atoms with van der Waals surface area (Å²) in [4.78, 5) is 24.4. The van der Waals surface area contributed by atoms with Crippen molar-refractivity contribution >= 4 is 41.7 Å². The lowest BCUT2D eigenvalue weighted by Crippen LogP contribution is -2.41. The molecule has 0 saturated heterocycles. The van der Waals surface area contributed by atoms with Gasteiger partial charge in [-0.15, -0.1) is 0 Å². The first kappa shape index (κ1) is 27.5. The van der Waals surface area contributed by atoms with Gasteiger partial charge in [-0.3, -0.25) is 9.59 Å². The Labute approximate surface area is 216 Å². The summed E-state index contributed by atoms with van der Waals surface area (Å²) in [6.45, 7) is 9.81. The van der Waals surface area contributed by atoms with Crippen molar-refractivity contribution in [3.05, 3.63) is 72.3 Å². The van der Waals surface area contributed by atoms with E-state index >= 15 is 0 Å². The Morgan fingerprint density at radius 1 is 0.861 bits per heavy atom. The number of anilines is 1. The molecule has 0 spiro atoms. The summed E-state index contributed by atoms with van der Waals surface area (Å²) >= 11 is 0. The fraction of sp³-hybridized carbons (Fsp3) is 0.400. The molecule has 0 atom stereocenters. The molecule has 3 aromatic rings. The number of nitrogens with one attached hydrogen (secondary N) is 1. The molecule has 5 nitrogen and oxygen atoms in total. The summed E-state index contributed by atoms with van der Waals surface area (Å²) in [7, 11) is -1.56. The maximum atomic E-state index is 12.2. The fourth-order valence-corrected chi connectivity index (χ4v) is 7.47. The second-order valence-corrected chi connectivity index (χ2v) is 14.5. The maximum absolute atomic E-state index is 12.2. The van der Waals surface area contributed by atoms with E-state index in [9.17, 15) is 9.59 Å². The molecule has 0 unspecified atom stereocenters. The second-order valence-electron chi connectivity index (χ2n) is 9.73. The highest BCUT2D eigenvalue weighted by Crippen LogP contribution is 2.20. The molecule has 0 aliphatic rings. The van der Waals surface area contributed by atoms with Crippen molar-refractivity contribution in [2.45, 2.75) is 52.2 Å². The van der Waals surface area contributed by atoms with Crippen LogP contribution in [0.4, 0.5) is 5.69 Å². The third kappa shape index (κ3) is 7.44. The van der Waals surface area contributed by atoms with Gasteiger partial charge in [0.25, 0.3) is 0 Å². The lowest BCUT2D eigenvalue weighted by atomic mass is 9.99. The van der Waals surface area contributed by atoms with Gasteiger partial charge in [0.1, 0.15) is 0 Å². The fourth-order valence-electron chi connectivity index (χ4n) is 4.63. The number of carbonyl (C=O) groups excluding carboxylic acids is 2. The van der Waals surface area contributed by atoms with E-state index in [0.29, 0.717) is 12.8 Å². The quantitative estimate of drug-likeness (QED) is 0.135. The Morgan fingerprint density at radius 2 is 1.50 bits per heavy atom. The van der Waals surface area contributed by atoms with Crippen molar-refractivity contribution in [2.24, 2.45) is 5.92 Å². The Kier molecular flexibility index (Phi) is 10.1. The highest BCUT2D eigenvalue weighted by molar-refractivity contribution is 6.91. The number of hydrogen-bond donors (Lipinski definition) is 1. The number of ether oxygens (including phenoxy) is 2. The largest absolute Gasteiger partial charge is 0.465 e. The first-order valence-electron chi connectivity index (χ1n) is 13.0.